The Morgan fingerprint density at radius 2 is 1.75 bits per heavy atom. The number of rotatable bonds is 9. The van der Waals surface area contributed by atoms with Crippen LogP contribution in [0.4, 0.5) is 8.78 Å². The highest BCUT2D eigenvalue weighted by Gasteiger charge is 2.27. The molecular formula is C38H29BF2N4O7S. The van der Waals surface area contributed by atoms with Crippen LogP contribution in [0.2, 0.25) is 0 Å². The van der Waals surface area contributed by atoms with Crippen molar-refractivity contribution in [1.82, 2.24) is 19.2 Å². The van der Waals surface area contributed by atoms with Crippen LogP contribution in [0.5, 0.6) is 5.75 Å². The summed E-state index contributed by atoms with van der Waals surface area (Å²) >= 11 is -2.47. The van der Waals surface area contributed by atoms with E-state index in [2.05, 4.69) is 5.32 Å². The first-order valence-corrected chi connectivity index (χ1v) is 17.5. The SMILES string of the molecule is CNC(=O)c1c(-c2ccc(F)cc2)oc2cc(CN(Cc3ccc(B(O)O)cc3)S(=O)O)c(-c3ccc4c(n3)-c3cc5c(F)cccc5n3CO4)cc12. The fourth-order valence-corrected chi connectivity index (χ4v) is 7.19. The van der Waals surface area contributed by atoms with Gasteiger partial charge >= 0.3 is 7.12 Å². The van der Waals surface area contributed by atoms with E-state index in [1.54, 1.807) is 54.6 Å². The van der Waals surface area contributed by atoms with Gasteiger partial charge in [0.15, 0.2) is 6.73 Å². The van der Waals surface area contributed by atoms with Crippen LogP contribution in [-0.4, -0.2) is 52.7 Å². The van der Waals surface area contributed by atoms with E-state index >= 15 is 0 Å². The summed E-state index contributed by atoms with van der Waals surface area (Å²) in [6.07, 6.45) is 0. The second-order valence-electron chi connectivity index (χ2n) is 12.5. The van der Waals surface area contributed by atoms with Crippen LogP contribution in [0.15, 0.2) is 101 Å². The van der Waals surface area contributed by atoms with E-state index < -0.39 is 30.1 Å². The minimum atomic E-state index is -2.47. The van der Waals surface area contributed by atoms with Crippen LogP contribution < -0.4 is 15.5 Å². The van der Waals surface area contributed by atoms with E-state index in [-0.39, 0.29) is 42.4 Å². The van der Waals surface area contributed by atoms with Gasteiger partial charge < -0.3 is 29.1 Å². The van der Waals surface area contributed by atoms with Gasteiger partial charge in [-0.05, 0) is 83.3 Å². The molecule has 0 spiro atoms. The van der Waals surface area contributed by atoms with E-state index in [1.807, 2.05) is 4.57 Å². The number of nitrogens with one attached hydrogen (secondary N) is 1. The first-order valence-electron chi connectivity index (χ1n) is 16.4. The van der Waals surface area contributed by atoms with Gasteiger partial charge in [0.1, 0.15) is 34.4 Å². The number of hydrogen-bond acceptors (Lipinski definition) is 7. The third-order valence-electron chi connectivity index (χ3n) is 9.30. The molecule has 4 N–H and O–H groups in total. The Hall–Kier alpha value is -5.71. The lowest BCUT2D eigenvalue weighted by Gasteiger charge is -2.22. The summed E-state index contributed by atoms with van der Waals surface area (Å²) in [4.78, 5) is 18.4. The molecule has 1 aliphatic rings. The number of hydrogen-bond donors (Lipinski definition) is 4. The van der Waals surface area contributed by atoms with Gasteiger partial charge in [-0.2, -0.15) is 4.31 Å². The molecule has 1 aliphatic heterocycles. The van der Waals surface area contributed by atoms with E-state index in [0.717, 1.165) is 0 Å². The molecule has 4 aromatic carbocycles. The number of ether oxygens (including phenoxy) is 1. The summed E-state index contributed by atoms with van der Waals surface area (Å²) in [5.41, 5.74) is 5.04. The fraction of sp³-hybridized carbons (Fsp3) is 0.105. The van der Waals surface area contributed by atoms with Crippen LogP contribution in [0.3, 0.4) is 0 Å². The number of pyridine rings is 1. The largest absolute Gasteiger partial charge is 0.488 e. The monoisotopic (exact) mass is 734 g/mol. The standard InChI is InChI=1S/C38H29BF2N4O7S/c1-42-38(46)35-28-16-26(30-13-14-33-36(43-30)32-17-27-29(41)3-2-4-31(27)45(32)20-51-33)23(15-34(28)52-37(35)22-7-11-25(40)12-8-22)19-44(53(49)50)18-21-5-9-24(10-6-21)39(47)48/h2-17,47-48H,18-20H2,1H3,(H,42,46)(H,49,50). The smallest absolute Gasteiger partial charge is 0.470 e. The van der Waals surface area contributed by atoms with Crippen molar-refractivity contribution in [2.24, 2.45) is 0 Å². The Bertz CT molecular complexity index is 2580. The van der Waals surface area contributed by atoms with Crippen LogP contribution in [0, 0.1) is 11.6 Å². The summed E-state index contributed by atoms with van der Waals surface area (Å²) < 4.78 is 67.5. The Morgan fingerprint density at radius 3 is 2.47 bits per heavy atom. The van der Waals surface area contributed by atoms with Crippen molar-refractivity contribution in [1.29, 1.82) is 0 Å². The van der Waals surface area contributed by atoms with Gasteiger partial charge in [0.05, 0.1) is 22.5 Å². The van der Waals surface area contributed by atoms with Crippen LogP contribution in [-0.2, 0) is 31.1 Å². The third-order valence-corrected chi connectivity index (χ3v) is 10.00. The first kappa shape index (κ1) is 34.4. The lowest BCUT2D eigenvalue weighted by molar-refractivity contribution is 0.0964. The Labute approximate surface area is 303 Å². The van der Waals surface area contributed by atoms with Crippen LogP contribution in [0.1, 0.15) is 21.5 Å². The van der Waals surface area contributed by atoms with Crippen molar-refractivity contribution in [3.63, 3.8) is 0 Å². The third kappa shape index (κ3) is 6.28. The highest BCUT2D eigenvalue weighted by molar-refractivity contribution is 7.76. The molecule has 1 unspecified atom stereocenters. The zero-order chi connectivity index (χ0) is 37.0. The maximum Gasteiger partial charge on any atom is 0.488 e. The Morgan fingerprint density at radius 1 is 0.981 bits per heavy atom. The van der Waals surface area contributed by atoms with Gasteiger partial charge in [-0.3, -0.25) is 9.35 Å². The van der Waals surface area contributed by atoms with Crippen molar-refractivity contribution in [3.05, 3.63) is 125 Å². The molecule has 0 aliphatic carbocycles. The molecule has 0 radical (unpaired) electrons. The molecule has 1 amide bonds. The quantitative estimate of drug-likeness (QED) is 0.111. The van der Waals surface area contributed by atoms with Crippen molar-refractivity contribution in [2.45, 2.75) is 19.8 Å². The molecule has 266 valence electrons. The normalized spacial score (nSPS) is 12.8. The molecule has 15 heteroatoms. The number of amides is 1. The molecule has 0 fully saturated rings. The molecule has 3 aromatic heterocycles. The number of carbonyl (C=O) groups is 1. The molecular weight excluding hydrogens is 705 g/mol. The summed E-state index contributed by atoms with van der Waals surface area (Å²) in [5, 5.41) is 22.5. The van der Waals surface area contributed by atoms with Gasteiger partial charge in [0, 0.05) is 42.0 Å². The number of carbonyl (C=O) groups excluding carboxylic acids is 1. The number of fused-ring (bicyclic) bond motifs is 6. The maximum atomic E-state index is 14.9. The minimum absolute atomic E-state index is 0.00198. The lowest BCUT2D eigenvalue weighted by Crippen LogP contribution is -2.30. The highest BCUT2D eigenvalue weighted by atomic mass is 32.2. The average Bonchev–Trinajstić information content (AvgIpc) is 3.74. The topological polar surface area (TPSA) is 150 Å². The fourth-order valence-electron chi connectivity index (χ4n) is 6.68. The Kier molecular flexibility index (Phi) is 8.88. The van der Waals surface area contributed by atoms with Crippen molar-refractivity contribution in [3.8, 4) is 39.7 Å². The molecule has 4 heterocycles. The Balaban J connectivity index is 1.31. The predicted octanol–water partition coefficient (Wildman–Crippen LogP) is 5.59. The van der Waals surface area contributed by atoms with Crippen molar-refractivity contribution < 1.29 is 41.5 Å². The number of aromatic nitrogens is 2. The lowest BCUT2D eigenvalue weighted by atomic mass is 9.80. The summed E-state index contributed by atoms with van der Waals surface area (Å²) in [6, 6.07) is 25.3. The number of nitrogens with zero attached hydrogens (tertiary/aromatic N) is 3. The van der Waals surface area contributed by atoms with E-state index in [9.17, 15) is 32.4 Å². The zero-order valence-electron chi connectivity index (χ0n) is 27.9. The van der Waals surface area contributed by atoms with E-state index in [0.29, 0.717) is 67.0 Å². The molecule has 8 rings (SSSR count). The number of halogens is 2. The second kappa shape index (κ2) is 13.7. The second-order valence-corrected chi connectivity index (χ2v) is 13.5. The molecule has 11 nitrogen and oxygen atoms in total. The van der Waals surface area contributed by atoms with Crippen molar-refractivity contribution >= 4 is 51.6 Å². The first-order chi connectivity index (χ1) is 25.6. The summed E-state index contributed by atoms with van der Waals surface area (Å²) in [5.74, 6) is -0.606. The highest BCUT2D eigenvalue weighted by Crippen LogP contribution is 2.42. The zero-order valence-corrected chi connectivity index (χ0v) is 28.7. The number of benzene rings is 4. The van der Waals surface area contributed by atoms with Gasteiger partial charge in [-0.1, -0.05) is 30.3 Å². The van der Waals surface area contributed by atoms with E-state index in [1.165, 1.54) is 53.8 Å². The minimum Gasteiger partial charge on any atom is -0.470 e. The van der Waals surface area contributed by atoms with Crippen molar-refractivity contribution in [2.75, 3.05) is 7.05 Å². The maximum absolute atomic E-state index is 14.9. The predicted molar refractivity (Wildman–Crippen MR) is 196 cm³/mol. The molecule has 0 saturated heterocycles. The molecule has 7 aromatic rings. The van der Waals surface area contributed by atoms with Gasteiger partial charge in [0.25, 0.3) is 5.91 Å². The van der Waals surface area contributed by atoms with E-state index in [4.69, 9.17) is 14.1 Å². The molecule has 53 heavy (non-hydrogen) atoms. The summed E-state index contributed by atoms with van der Waals surface area (Å²) in [6.45, 7) is 0.0586. The van der Waals surface area contributed by atoms with Crippen LogP contribution in [0.25, 0.3) is 55.8 Å². The van der Waals surface area contributed by atoms with Gasteiger partial charge in [-0.25, -0.2) is 18.0 Å². The number of furan rings is 1. The molecule has 0 bridgehead atoms. The average molecular weight is 735 g/mol. The van der Waals surface area contributed by atoms with Crippen LogP contribution >= 0.6 is 0 Å². The molecule has 0 saturated carbocycles. The van der Waals surface area contributed by atoms with Gasteiger partial charge in [0.2, 0.25) is 11.3 Å². The molecule has 1 atom stereocenters. The van der Waals surface area contributed by atoms with Gasteiger partial charge in [-0.15, -0.1) is 0 Å². The summed E-state index contributed by atoms with van der Waals surface area (Å²) in [7, 11) is -0.177.